The van der Waals surface area contributed by atoms with Crippen LogP contribution >= 0.6 is 11.3 Å². The summed E-state index contributed by atoms with van der Waals surface area (Å²) in [4.78, 5) is 4.88. The highest BCUT2D eigenvalue weighted by atomic mass is 32.1. The fraction of sp³-hybridized carbons (Fsp3) is 0.353. The number of hydrogen-bond donors (Lipinski definition) is 0. The molecule has 0 radical (unpaired) electrons. The summed E-state index contributed by atoms with van der Waals surface area (Å²) in [6, 6.07) is 6.27. The summed E-state index contributed by atoms with van der Waals surface area (Å²) in [5.74, 6) is -0.384. The molecule has 2 aromatic rings. The second kappa shape index (κ2) is 6.48. The predicted octanol–water partition coefficient (Wildman–Crippen LogP) is 1.55. The number of allylic oxidation sites excluding steroid dienone is 2. The van der Waals surface area contributed by atoms with Crippen molar-refractivity contribution in [2.45, 2.75) is 25.1 Å². The Bertz CT molecular complexity index is 928. The van der Waals surface area contributed by atoms with Gasteiger partial charge in [-0.15, -0.1) is 11.3 Å². The van der Waals surface area contributed by atoms with Gasteiger partial charge in [0.1, 0.15) is 0 Å². The van der Waals surface area contributed by atoms with E-state index in [0.29, 0.717) is 28.3 Å². The first-order valence-corrected chi connectivity index (χ1v) is 8.90. The van der Waals surface area contributed by atoms with Crippen LogP contribution in [-0.4, -0.2) is 37.0 Å². The molecule has 3 heterocycles. The molecule has 4 rings (SSSR count). The highest BCUT2D eigenvalue weighted by molar-refractivity contribution is 7.16. The number of alkyl halides is 3. The summed E-state index contributed by atoms with van der Waals surface area (Å²) in [7, 11) is 0. The van der Waals surface area contributed by atoms with E-state index in [0.717, 1.165) is 34.9 Å². The van der Waals surface area contributed by atoms with E-state index < -0.39 is 11.9 Å². The monoisotopic (exact) mass is 381 g/mol. The highest BCUT2D eigenvalue weighted by Crippen LogP contribution is 2.30. The molecule has 1 fully saturated rings. The smallest absolute Gasteiger partial charge is 0.480 e. The zero-order valence-electron chi connectivity index (χ0n) is 13.5. The standard InChI is InChI=1S/C17H14F3N3O2S/c18-17(19,20)15-8-12(22-23(15)10-3-4-10)13-5-6-14(26-13)16(24)21-9-11-2-1-7-25-11/h3-6,8,11H,1-2,7,9H2/t11-/m0/s1. The first kappa shape index (κ1) is 17.2. The molecule has 0 bridgehead atoms. The number of thiophene rings is 1. The minimum atomic E-state index is -4.50. The van der Waals surface area contributed by atoms with Crippen molar-refractivity contribution in [2.75, 3.05) is 13.2 Å². The summed E-state index contributed by atoms with van der Waals surface area (Å²) >= 11 is 1.08. The summed E-state index contributed by atoms with van der Waals surface area (Å²) in [5, 5.41) is 16.6. The Morgan fingerprint density at radius 3 is 2.81 bits per heavy atom. The van der Waals surface area contributed by atoms with Crippen LogP contribution < -0.4 is 15.1 Å². The molecule has 9 heteroatoms. The van der Waals surface area contributed by atoms with Gasteiger partial charge in [0.2, 0.25) is 5.36 Å². The van der Waals surface area contributed by atoms with Gasteiger partial charge in [-0.1, -0.05) is 0 Å². The molecule has 0 saturated carbocycles. The minimum absolute atomic E-state index is 0.0218. The molecule has 0 unspecified atom stereocenters. The topological polar surface area (TPSA) is 60.0 Å². The van der Waals surface area contributed by atoms with Crippen LogP contribution in [0.3, 0.4) is 0 Å². The van der Waals surface area contributed by atoms with E-state index in [4.69, 9.17) is 4.74 Å². The van der Waals surface area contributed by atoms with Crippen LogP contribution in [0.4, 0.5) is 13.2 Å². The van der Waals surface area contributed by atoms with Crippen molar-refractivity contribution in [1.82, 2.24) is 4.68 Å². The third-order valence-electron chi connectivity index (χ3n) is 4.09. The van der Waals surface area contributed by atoms with Crippen molar-refractivity contribution in [3.63, 3.8) is 0 Å². The Morgan fingerprint density at radius 1 is 1.35 bits per heavy atom. The van der Waals surface area contributed by atoms with E-state index in [1.54, 1.807) is 24.3 Å². The Labute approximate surface area is 150 Å². The van der Waals surface area contributed by atoms with Crippen molar-refractivity contribution in [2.24, 2.45) is 10.1 Å². The van der Waals surface area contributed by atoms with Gasteiger partial charge in [0.15, 0.2) is 5.71 Å². The van der Waals surface area contributed by atoms with Gasteiger partial charge in [-0.25, -0.2) is 0 Å². The molecule has 0 aliphatic carbocycles. The van der Waals surface area contributed by atoms with E-state index >= 15 is 0 Å². The number of hydrogen-bond acceptors (Lipinski definition) is 5. The Kier molecular flexibility index (Phi) is 4.28. The second-order valence-corrected chi connectivity index (χ2v) is 7.11. The van der Waals surface area contributed by atoms with Crippen molar-refractivity contribution in [3.8, 4) is 0 Å². The number of hydrazone groups is 1. The van der Waals surface area contributed by atoms with Crippen molar-refractivity contribution in [3.05, 3.63) is 51.2 Å². The molecule has 1 aromatic carbocycles. The van der Waals surface area contributed by atoms with Crippen LogP contribution in [0.1, 0.15) is 22.6 Å². The summed E-state index contributed by atoms with van der Waals surface area (Å²) in [6.07, 6.45) is -1.68. The maximum atomic E-state index is 13.2. The normalized spacial score (nSPS) is 21.6. The highest BCUT2D eigenvalue weighted by Gasteiger charge is 2.48. The van der Waals surface area contributed by atoms with Crippen LogP contribution in [-0.2, 0) is 4.74 Å². The average Bonchev–Trinajstić information content (AvgIpc) is 3.05. The number of nitrogens with zero attached hydrogens (tertiary/aromatic N) is 3. The summed E-state index contributed by atoms with van der Waals surface area (Å²) in [6.45, 7) is 0.999. The molecule has 0 spiro atoms. The van der Waals surface area contributed by atoms with Crippen molar-refractivity contribution in [1.29, 1.82) is 0 Å². The van der Waals surface area contributed by atoms with Gasteiger partial charge in [-0.3, -0.25) is 4.99 Å². The fourth-order valence-electron chi connectivity index (χ4n) is 2.72. The molecule has 1 atom stereocenters. The maximum absolute atomic E-state index is 13.2. The van der Waals surface area contributed by atoms with E-state index in [1.165, 1.54) is 0 Å². The van der Waals surface area contributed by atoms with E-state index in [1.807, 2.05) is 0 Å². The lowest BCUT2D eigenvalue weighted by molar-refractivity contribution is -0.213. The van der Waals surface area contributed by atoms with Crippen LogP contribution in [0.5, 0.6) is 0 Å². The molecule has 5 nitrogen and oxygen atoms in total. The van der Waals surface area contributed by atoms with Crippen LogP contribution in [0, 0.1) is 0 Å². The lowest BCUT2D eigenvalue weighted by Crippen LogP contribution is -2.26. The Morgan fingerprint density at radius 2 is 2.15 bits per heavy atom. The first-order valence-electron chi connectivity index (χ1n) is 8.08. The van der Waals surface area contributed by atoms with E-state index in [9.17, 15) is 18.3 Å². The minimum Gasteiger partial charge on any atom is -0.858 e. The van der Waals surface area contributed by atoms with Crippen LogP contribution in [0.15, 0.2) is 46.1 Å². The summed E-state index contributed by atoms with van der Waals surface area (Å²) < 4.78 is 45.8. The largest absolute Gasteiger partial charge is 0.858 e. The molecular formula is C17H14F3N3O2S. The lowest BCUT2D eigenvalue weighted by atomic mass is 10.2. The maximum Gasteiger partial charge on any atom is 0.480 e. The molecule has 2 aliphatic rings. The van der Waals surface area contributed by atoms with Gasteiger partial charge >= 0.3 is 11.9 Å². The van der Waals surface area contributed by atoms with Crippen molar-refractivity contribution < 1.29 is 23.0 Å². The predicted molar refractivity (Wildman–Crippen MR) is 89.5 cm³/mol. The molecule has 26 heavy (non-hydrogen) atoms. The Balaban J connectivity index is 1.56. The quantitative estimate of drug-likeness (QED) is 0.458. The summed E-state index contributed by atoms with van der Waals surface area (Å²) in [5.41, 5.74) is -0.654. The van der Waals surface area contributed by atoms with Gasteiger partial charge in [0.25, 0.3) is 0 Å². The lowest BCUT2D eigenvalue weighted by Gasteiger charge is -2.10. The number of rotatable bonds is 4. The number of halogens is 3. The second-order valence-electron chi connectivity index (χ2n) is 6.03. The van der Waals surface area contributed by atoms with Gasteiger partial charge < -0.3 is 9.84 Å². The van der Waals surface area contributed by atoms with Crippen molar-refractivity contribution >= 4 is 22.9 Å². The molecule has 1 saturated heterocycles. The molecule has 0 N–H and O–H groups in total. The third kappa shape index (κ3) is 3.49. The fourth-order valence-corrected chi connectivity index (χ4v) is 3.59. The average molecular weight is 381 g/mol. The van der Waals surface area contributed by atoms with Crippen LogP contribution in [0.2, 0.25) is 0 Å². The van der Waals surface area contributed by atoms with Gasteiger partial charge in [-0.05, 0) is 35.6 Å². The first-order chi connectivity index (χ1) is 12.4. The zero-order chi connectivity index (χ0) is 18.3. The molecule has 1 aromatic heterocycles. The SMILES string of the molecule is [O-]C(=NC[C@@H]1CCCO1)c1ccc(C2=N[N+](=c3cc3)C(C(F)(F)F)=C2)s1. The molecular weight excluding hydrogens is 367 g/mol. The molecule has 0 amide bonds. The number of aliphatic imine (C=N–C) groups is 1. The van der Waals surface area contributed by atoms with Gasteiger partial charge in [0.05, 0.1) is 23.6 Å². The van der Waals surface area contributed by atoms with Gasteiger partial charge in [-0.2, -0.15) is 13.2 Å². The van der Waals surface area contributed by atoms with Gasteiger partial charge in [0, 0.05) is 28.7 Å². The molecule has 2 aliphatic heterocycles. The molecule has 136 valence electrons. The van der Waals surface area contributed by atoms with Crippen LogP contribution in [0.25, 0.3) is 0 Å². The zero-order valence-corrected chi connectivity index (χ0v) is 14.3. The Hall–Kier alpha value is -2.26. The van der Waals surface area contributed by atoms with E-state index in [-0.39, 0.29) is 17.7 Å². The number of ether oxygens (including phenoxy) is 1. The van der Waals surface area contributed by atoms with E-state index in [2.05, 4.69) is 10.1 Å². The third-order valence-corrected chi connectivity index (χ3v) is 5.19.